The standard InChI is InChI=1S/C11H24O/c1-5-7-10(3)9-11(4,12)8-6-2/h10,12H,5-9H2,1-4H3. The van der Waals surface area contributed by atoms with Crippen LogP contribution in [0, 0.1) is 5.92 Å². The molecule has 0 saturated heterocycles. The third-order valence-corrected chi connectivity index (χ3v) is 2.36. The molecule has 2 atom stereocenters. The van der Waals surface area contributed by atoms with Crippen LogP contribution in [0.4, 0.5) is 0 Å². The van der Waals surface area contributed by atoms with Crippen molar-refractivity contribution in [2.45, 2.75) is 65.4 Å². The van der Waals surface area contributed by atoms with Gasteiger partial charge >= 0.3 is 0 Å². The average molecular weight is 172 g/mol. The summed E-state index contributed by atoms with van der Waals surface area (Å²) >= 11 is 0. The summed E-state index contributed by atoms with van der Waals surface area (Å²) in [7, 11) is 0. The third-order valence-electron chi connectivity index (χ3n) is 2.36. The van der Waals surface area contributed by atoms with Crippen LogP contribution >= 0.6 is 0 Å². The molecule has 2 unspecified atom stereocenters. The van der Waals surface area contributed by atoms with Crippen molar-refractivity contribution in [2.24, 2.45) is 5.92 Å². The number of aliphatic hydroxyl groups is 1. The zero-order chi connectivity index (χ0) is 9.61. The van der Waals surface area contributed by atoms with E-state index in [0.717, 1.165) is 19.3 Å². The Morgan fingerprint density at radius 2 is 1.83 bits per heavy atom. The molecule has 0 rings (SSSR count). The molecule has 0 aliphatic carbocycles. The SMILES string of the molecule is CCCC(C)CC(C)(O)CCC. The van der Waals surface area contributed by atoms with E-state index in [2.05, 4.69) is 20.8 Å². The maximum Gasteiger partial charge on any atom is 0.0622 e. The van der Waals surface area contributed by atoms with Gasteiger partial charge in [0.15, 0.2) is 0 Å². The van der Waals surface area contributed by atoms with Crippen molar-refractivity contribution in [3.05, 3.63) is 0 Å². The van der Waals surface area contributed by atoms with Crippen LogP contribution in [0.15, 0.2) is 0 Å². The highest BCUT2D eigenvalue weighted by Crippen LogP contribution is 2.24. The Balaban J connectivity index is 3.70. The van der Waals surface area contributed by atoms with E-state index in [0.29, 0.717) is 5.92 Å². The van der Waals surface area contributed by atoms with Gasteiger partial charge in [0, 0.05) is 0 Å². The molecule has 0 amide bonds. The lowest BCUT2D eigenvalue weighted by Gasteiger charge is -2.26. The Morgan fingerprint density at radius 1 is 1.25 bits per heavy atom. The Labute approximate surface area is 77.2 Å². The summed E-state index contributed by atoms with van der Waals surface area (Å²) in [5, 5.41) is 9.91. The van der Waals surface area contributed by atoms with E-state index >= 15 is 0 Å². The fourth-order valence-electron chi connectivity index (χ4n) is 1.99. The first-order valence-electron chi connectivity index (χ1n) is 5.24. The highest BCUT2D eigenvalue weighted by atomic mass is 16.3. The van der Waals surface area contributed by atoms with Crippen molar-refractivity contribution in [2.75, 3.05) is 0 Å². The monoisotopic (exact) mass is 172 g/mol. The van der Waals surface area contributed by atoms with Gasteiger partial charge in [0.2, 0.25) is 0 Å². The van der Waals surface area contributed by atoms with Gasteiger partial charge in [-0.25, -0.2) is 0 Å². The van der Waals surface area contributed by atoms with E-state index in [1.807, 2.05) is 6.92 Å². The summed E-state index contributed by atoms with van der Waals surface area (Å²) in [6, 6.07) is 0. The minimum absolute atomic E-state index is 0.427. The van der Waals surface area contributed by atoms with Crippen LogP contribution in [-0.2, 0) is 0 Å². The molecular weight excluding hydrogens is 148 g/mol. The van der Waals surface area contributed by atoms with Gasteiger partial charge in [0.25, 0.3) is 0 Å². The molecule has 0 spiro atoms. The van der Waals surface area contributed by atoms with Gasteiger partial charge in [0.05, 0.1) is 5.60 Å². The van der Waals surface area contributed by atoms with Crippen molar-refractivity contribution < 1.29 is 5.11 Å². The lowest BCUT2D eigenvalue weighted by Crippen LogP contribution is -2.26. The van der Waals surface area contributed by atoms with Gasteiger partial charge in [-0.05, 0) is 25.7 Å². The second kappa shape index (κ2) is 5.58. The van der Waals surface area contributed by atoms with Gasteiger partial charge in [-0.2, -0.15) is 0 Å². The summed E-state index contributed by atoms with van der Waals surface area (Å²) in [5.74, 6) is 0.663. The van der Waals surface area contributed by atoms with Crippen LogP contribution in [0.25, 0.3) is 0 Å². The van der Waals surface area contributed by atoms with Crippen LogP contribution < -0.4 is 0 Å². The first-order valence-corrected chi connectivity index (χ1v) is 5.24. The molecular formula is C11H24O. The quantitative estimate of drug-likeness (QED) is 0.651. The van der Waals surface area contributed by atoms with Crippen molar-refractivity contribution in [3.8, 4) is 0 Å². The van der Waals surface area contributed by atoms with Gasteiger partial charge < -0.3 is 5.11 Å². The zero-order valence-electron chi connectivity index (χ0n) is 9.06. The Hall–Kier alpha value is -0.0400. The molecule has 1 N–H and O–H groups in total. The van der Waals surface area contributed by atoms with Crippen LogP contribution in [0.3, 0.4) is 0 Å². The maximum atomic E-state index is 9.91. The molecule has 0 aliphatic heterocycles. The van der Waals surface area contributed by atoms with E-state index in [1.54, 1.807) is 0 Å². The Morgan fingerprint density at radius 3 is 2.25 bits per heavy atom. The van der Waals surface area contributed by atoms with Crippen LogP contribution in [0.2, 0.25) is 0 Å². The zero-order valence-corrected chi connectivity index (χ0v) is 9.06. The van der Waals surface area contributed by atoms with Crippen LogP contribution in [0.1, 0.15) is 59.8 Å². The molecule has 0 aromatic heterocycles. The number of hydrogen-bond donors (Lipinski definition) is 1. The predicted octanol–water partition coefficient (Wildman–Crippen LogP) is 3.36. The van der Waals surface area contributed by atoms with Gasteiger partial charge in [-0.3, -0.25) is 0 Å². The van der Waals surface area contributed by atoms with Crippen molar-refractivity contribution in [1.29, 1.82) is 0 Å². The number of hydrogen-bond acceptors (Lipinski definition) is 1. The molecule has 0 saturated carbocycles. The van der Waals surface area contributed by atoms with E-state index in [-0.39, 0.29) is 0 Å². The largest absolute Gasteiger partial charge is 0.390 e. The first-order chi connectivity index (χ1) is 5.52. The highest BCUT2D eigenvalue weighted by Gasteiger charge is 2.21. The normalized spacial score (nSPS) is 18.8. The lowest BCUT2D eigenvalue weighted by molar-refractivity contribution is 0.0258. The topological polar surface area (TPSA) is 20.2 Å². The molecule has 0 fully saturated rings. The third kappa shape index (κ3) is 5.59. The molecule has 0 heterocycles. The van der Waals surface area contributed by atoms with E-state index in [1.165, 1.54) is 12.8 Å². The predicted molar refractivity (Wildman–Crippen MR) is 54.2 cm³/mol. The van der Waals surface area contributed by atoms with E-state index in [9.17, 15) is 5.11 Å². The number of rotatable bonds is 6. The second-order valence-electron chi connectivity index (χ2n) is 4.34. The van der Waals surface area contributed by atoms with Gasteiger partial charge in [-0.15, -0.1) is 0 Å². The smallest absolute Gasteiger partial charge is 0.0622 e. The van der Waals surface area contributed by atoms with Gasteiger partial charge in [-0.1, -0.05) is 40.0 Å². The minimum Gasteiger partial charge on any atom is -0.390 e. The Bertz CT molecular complexity index is 108. The van der Waals surface area contributed by atoms with E-state index in [4.69, 9.17) is 0 Å². The molecule has 0 radical (unpaired) electrons. The van der Waals surface area contributed by atoms with Crippen LogP contribution in [-0.4, -0.2) is 10.7 Å². The highest BCUT2D eigenvalue weighted by molar-refractivity contribution is 4.74. The minimum atomic E-state index is -0.427. The lowest BCUT2D eigenvalue weighted by atomic mass is 9.87. The molecule has 12 heavy (non-hydrogen) atoms. The summed E-state index contributed by atoms with van der Waals surface area (Å²) in [6.45, 7) is 8.51. The second-order valence-corrected chi connectivity index (χ2v) is 4.34. The maximum absolute atomic E-state index is 9.91. The summed E-state index contributed by atoms with van der Waals surface area (Å²) in [5.41, 5.74) is -0.427. The molecule has 0 aromatic rings. The van der Waals surface area contributed by atoms with Crippen LogP contribution in [0.5, 0.6) is 0 Å². The fourth-order valence-corrected chi connectivity index (χ4v) is 1.99. The summed E-state index contributed by atoms with van der Waals surface area (Å²) in [4.78, 5) is 0. The van der Waals surface area contributed by atoms with Crippen molar-refractivity contribution in [1.82, 2.24) is 0 Å². The van der Waals surface area contributed by atoms with Crippen molar-refractivity contribution >= 4 is 0 Å². The summed E-state index contributed by atoms with van der Waals surface area (Å²) < 4.78 is 0. The van der Waals surface area contributed by atoms with E-state index < -0.39 is 5.60 Å². The molecule has 0 bridgehead atoms. The molecule has 0 aliphatic rings. The molecule has 74 valence electrons. The average Bonchev–Trinajstić information content (AvgIpc) is 1.85. The molecule has 1 nitrogen and oxygen atoms in total. The molecule has 0 aromatic carbocycles. The Kier molecular flexibility index (Phi) is 5.56. The van der Waals surface area contributed by atoms with Crippen molar-refractivity contribution in [3.63, 3.8) is 0 Å². The van der Waals surface area contributed by atoms with Gasteiger partial charge in [0.1, 0.15) is 0 Å². The molecule has 1 heteroatoms. The summed E-state index contributed by atoms with van der Waals surface area (Å²) in [6.07, 6.45) is 5.42. The first kappa shape index (κ1) is 12.0. The fraction of sp³-hybridized carbons (Fsp3) is 1.00.